The minimum Gasteiger partial charge on any atom is -0.341 e. The van der Waals surface area contributed by atoms with Crippen LogP contribution in [-0.4, -0.2) is 36.3 Å². The molecule has 0 N–H and O–H groups in total. The monoisotopic (exact) mass is 310 g/mol. The number of carbonyl (C=O) groups excluding carboxylic acids is 1. The van der Waals surface area contributed by atoms with Crippen molar-refractivity contribution in [2.24, 2.45) is 0 Å². The number of benzene rings is 2. The lowest BCUT2D eigenvalue weighted by Gasteiger charge is -2.19. The molecule has 0 unspecified atom stereocenters. The van der Waals surface area contributed by atoms with E-state index in [0.717, 1.165) is 19.5 Å². The second kappa shape index (κ2) is 9.11. The van der Waals surface area contributed by atoms with Crippen molar-refractivity contribution in [3.63, 3.8) is 0 Å². The Hall–Kier alpha value is -2.13. The maximum absolute atomic E-state index is 12.2. The molecule has 0 fully saturated rings. The second-order valence-corrected chi connectivity index (χ2v) is 6.06. The number of carbonyl (C=O) groups is 1. The van der Waals surface area contributed by atoms with Crippen molar-refractivity contribution in [1.82, 2.24) is 9.80 Å². The van der Waals surface area contributed by atoms with Crippen LogP contribution in [-0.2, 0) is 17.9 Å². The third-order valence-corrected chi connectivity index (χ3v) is 3.91. The van der Waals surface area contributed by atoms with Gasteiger partial charge in [0, 0.05) is 26.6 Å². The summed E-state index contributed by atoms with van der Waals surface area (Å²) in [7, 11) is 3.98. The molecule has 1 amide bonds. The van der Waals surface area contributed by atoms with Gasteiger partial charge < -0.3 is 9.80 Å². The normalized spacial score (nSPS) is 10.7. The summed E-state index contributed by atoms with van der Waals surface area (Å²) in [5.41, 5.74) is 2.48. The third-order valence-electron chi connectivity index (χ3n) is 3.91. The van der Waals surface area contributed by atoms with E-state index in [4.69, 9.17) is 0 Å². The van der Waals surface area contributed by atoms with Gasteiger partial charge in [-0.1, -0.05) is 60.7 Å². The van der Waals surface area contributed by atoms with Crippen LogP contribution in [0.15, 0.2) is 60.7 Å². The van der Waals surface area contributed by atoms with E-state index in [1.54, 1.807) is 0 Å². The van der Waals surface area contributed by atoms with E-state index >= 15 is 0 Å². The Labute approximate surface area is 139 Å². The molecular formula is C20H26N2O. The zero-order valence-corrected chi connectivity index (χ0v) is 14.1. The van der Waals surface area contributed by atoms with E-state index < -0.39 is 0 Å². The molecule has 3 nitrogen and oxygen atoms in total. The molecule has 2 aromatic rings. The first kappa shape index (κ1) is 17.2. The van der Waals surface area contributed by atoms with Crippen molar-refractivity contribution in [1.29, 1.82) is 0 Å². The molecule has 0 aliphatic carbocycles. The van der Waals surface area contributed by atoms with E-state index in [2.05, 4.69) is 48.3 Å². The van der Waals surface area contributed by atoms with Gasteiger partial charge in [-0.2, -0.15) is 0 Å². The molecule has 2 aromatic carbocycles. The Morgan fingerprint density at radius 2 is 1.35 bits per heavy atom. The minimum absolute atomic E-state index is 0.210. The summed E-state index contributed by atoms with van der Waals surface area (Å²) in [5, 5.41) is 0. The van der Waals surface area contributed by atoms with Gasteiger partial charge in [0.1, 0.15) is 0 Å². The Kier molecular flexibility index (Phi) is 6.82. The fraction of sp³-hybridized carbons (Fsp3) is 0.350. The summed E-state index contributed by atoms with van der Waals surface area (Å²) >= 11 is 0. The third kappa shape index (κ3) is 6.25. The van der Waals surface area contributed by atoms with Gasteiger partial charge in [0.15, 0.2) is 0 Å². The van der Waals surface area contributed by atoms with E-state index in [0.29, 0.717) is 13.0 Å². The zero-order chi connectivity index (χ0) is 16.5. The first-order chi connectivity index (χ1) is 11.1. The summed E-state index contributed by atoms with van der Waals surface area (Å²) < 4.78 is 0. The largest absolute Gasteiger partial charge is 0.341 e. The molecule has 0 bridgehead atoms. The molecule has 122 valence electrons. The van der Waals surface area contributed by atoms with Crippen LogP contribution in [0.1, 0.15) is 24.0 Å². The highest BCUT2D eigenvalue weighted by molar-refractivity contribution is 5.75. The van der Waals surface area contributed by atoms with Crippen LogP contribution < -0.4 is 0 Å². The molecule has 2 rings (SSSR count). The minimum atomic E-state index is 0.210. The molecule has 0 saturated heterocycles. The summed E-state index contributed by atoms with van der Waals surface area (Å²) in [6.45, 7) is 2.54. The summed E-state index contributed by atoms with van der Waals surface area (Å²) in [4.78, 5) is 16.3. The Bertz CT molecular complexity index is 583. The first-order valence-corrected chi connectivity index (χ1v) is 8.15. The van der Waals surface area contributed by atoms with Crippen molar-refractivity contribution in [2.45, 2.75) is 25.9 Å². The molecule has 23 heavy (non-hydrogen) atoms. The fourth-order valence-electron chi connectivity index (χ4n) is 2.61. The molecule has 0 aliphatic heterocycles. The average molecular weight is 310 g/mol. The molecular weight excluding hydrogens is 284 g/mol. The van der Waals surface area contributed by atoms with Crippen molar-refractivity contribution < 1.29 is 4.79 Å². The highest BCUT2D eigenvalue weighted by Gasteiger charge is 2.09. The van der Waals surface area contributed by atoms with Crippen LogP contribution in [0, 0.1) is 0 Å². The van der Waals surface area contributed by atoms with Gasteiger partial charge in [-0.3, -0.25) is 4.79 Å². The number of hydrogen-bond donors (Lipinski definition) is 0. The predicted molar refractivity (Wildman–Crippen MR) is 94.9 cm³/mol. The number of hydrogen-bond acceptors (Lipinski definition) is 2. The van der Waals surface area contributed by atoms with Gasteiger partial charge in [0.2, 0.25) is 5.91 Å². The second-order valence-electron chi connectivity index (χ2n) is 6.06. The quantitative estimate of drug-likeness (QED) is 0.744. The lowest BCUT2D eigenvalue weighted by molar-refractivity contribution is -0.130. The average Bonchev–Trinajstić information content (AvgIpc) is 2.56. The lowest BCUT2D eigenvalue weighted by atomic mass is 10.2. The van der Waals surface area contributed by atoms with Crippen molar-refractivity contribution in [2.75, 3.05) is 20.6 Å². The van der Waals surface area contributed by atoms with E-state index in [1.807, 2.05) is 36.2 Å². The van der Waals surface area contributed by atoms with E-state index in [1.165, 1.54) is 11.1 Å². The molecule has 0 spiro atoms. The van der Waals surface area contributed by atoms with Crippen LogP contribution in [0.2, 0.25) is 0 Å². The molecule has 0 aliphatic rings. The highest BCUT2D eigenvalue weighted by atomic mass is 16.2. The molecule has 0 heterocycles. The Balaban J connectivity index is 1.67. The summed E-state index contributed by atoms with van der Waals surface area (Å²) in [6.07, 6.45) is 1.49. The van der Waals surface area contributed by atoms with E-state index in [-0.39, 0.29) is 5.91 Å². The van der Waals surface area contributed by atoms with Gasteiger partial charge in [-0.15, -0.1) is 0 Å². The number of amides is 1. The smallest absolute Gasteiger partial charge is 0.222 e. The van der Waals surface area contributed by atoms with Gasteiger partial charge in [0.25, 0.3) is 0 Å². The summed E-state index contributed by atoms with van der Waals surface area (Å²) in [6, 6.07) is 20.5. The van der Waals surface area contributed by atoms with Gasteiger partial charge in [-0.05, 0) is 31.1 Å². The molecule has 0 aromatic heterocycles. The molecule has 0 saturated carbocycles. The van der Waals surface area contributed by atoms with Crippen LogP contribution in [0.4, 0.5) is 0 Å². The lowest BCUT2D eigenvalue weighted by Crippen LogP contribution is -2.27. The predicted octanol–water partition coefficient (Wildman–Crippen LogP) is 3.56. The van der Waals surface area contributed by atoms with Gasteiger partial charge in [-0.25, -0.2) is 0 Å². The van der Waals surface area contributed by atoms with E-state index in [9.17, 15) is 4.79 Å². The van der Waals surface area contributed by atoms with Crippen molar-refractivity contribution >= 4 is 5.91 Å². The maximum Gasteiger partial charge on any atom is 0.222 e. The Morgan fingerprint density at radius 1 is 0.826 bits per heavy atom. The van der Waals surface area contributed by atoms with Crippen LogP contribution in [0.25, 0.3) is 0 Å². The molecule has 0 atom stereocenters. The van der Waals surface area contributed by atoms with Crippen LogP contribution in [0.3, 0.4) is 0 Å². The topological polar surface area (TPSA) is 23.6 Å². The summed E-state index contributed by atoms with van der Waals surface area (Å²) in [5.74, 6) is 0.210. The standard InChI is InChI=1S/C20H26N2O/c1-21(16-18-10-5-3-6-11-18)15-9-14-20(23)22(2)17-19-12-7-4-8-13-19/h3-8,10-13H,9,14-17H2,1-2H3. The SMILES string of the molecule is CN(CCCC(=O)N(C)Cc1ccccc1)Cc1ccccc1. The first-order valence-electron chi connectivity index (χ1n) is 8.15. The number of rotatable bonds is 8. The zero-order valence-electron chi connectivity index (χ0n) is 14.1. The maximum atomic E-state index is 12.2. The van der Waals surface area contributed by atoms with Crippen molar-refractivity contribution in [3.05, 3.63) is 71.8 Å². The molecule has 0 radical (unpaired) electrons. The number of nitrogens with zero attached hydrogens (tertiary/aromatic N) is 2. The van der Waals surface area contributed by atoms with Crippen LogP contribution in [0.5, 0.6) is 0 Å². The van der Waals surface area contributed by atoms with Crippen LogP contribution >= 0.6 is 0 Å². The molecule has 3 heteroatoms. The fourth-order valence-corrected chi connectivity index (χ4v) is 2.61. The van der Waals surface area contributed by atoms with Gasteiger partial charge >= 0.3 is 0 Å². The van der Waals surface area contributed by atoms with Crippen molar-refractivity contribution in [3.8, 4) is 0 Å². The Morgan fingerprint density at radius 3 is 1.91 bits per heavy atom. The van der Waals surface area contributed by atoms with Gasteiger partial charge in [0.05, 0.1) is 0 Å². The highest BCUT2D eigenvalue weighted by Crippen LogP contribution is 2.07.